The van der Waals surface area contributed by atoms with E-state index in [1.165, 1.54) is 5.56 Å². The molecule has 3 nitrogen and oxygen atoms in total. The topological polar surface area (TPSA) is 38.8 Å². The smallest absolute Gasteiger partial charge is 0.346 e. The van der Waals surface area contributed by atoms with Crippen molar-refractivity contribution in [1.82, 2.24) is 0 Å². The summed E-state index contributed by atoms with van der Waals surface area (Å²) in [5.74, 6) is -0.168. The zero-order valence-corrected chi connectivity index (χ0v) is 11.1. The van der Waals surface area contributed by atoms with Crippen LogP contribution >= 0.6 is 0 Å². The van der Waals surface area contributed by atoms with Crippen molar-refractivity contribution in [2.45, 2.75) is 56.3 Å². The van der Waals surface area contributed by atoms with Gasteiger partial charge in [-0.1, -0.05) is 29.8 Å². The van der Waals surface area contributed by atoms with Crippen LogP contribution in [0.3, 0.4) is 0 Å². The van der Waals surface area contributed by atoms with Crippen molar-refractivity contribution in [1.29, 1.82) is 0 Å². The van der Waals surface area contributed by atoms with Crippen molar-refractivity contribution in [2.75, 3.05) is 0 Å². The van der Waals surface area contributed by atoms with Crippen molar-refractivity contribution in [3.63, 3.8) is 0 Å². The summed E-state index contributed by atoms with van der Waals surface area (Å²) in [7, 11) is 0. The Hall–Kier alpha value is -1.35. The molecule has 1 aliphatic heterocycles. The number of hydrogen-bond acceptors (Lipinski definition) is 3. The Kier molecular flexibility index (Phi) is 2.17. The lowest BCUT2D eigenvalue weighted by molar-refractivity contribution is -0.152. The Bertz CT molecular complexity index is 525. The number of rotatable bonds is 3. The van der Waals surface area contributed by atoms with E-state index in [0.717, 1.165) is 37.7 Å². The van der Waals surface area contributed by atoms with E-state index in [9.17, 15) is 4.79 Å². The standard InChI is InChI=1S/C16H18O3/c1-11-3-5-12(6-4-11)16(14(17)18-13-7-8-13)15(19-16)9-2-10-15/h3-6,13H,2,7-10H2,1H3. The highest BCUT2D eigenvalue weighted by atomic mass is 16.7. The number of epoxide rings is 1. The number of aryl methyl sites for hydroxylation is 1. The van der Waals surface area contributed by atoms with Gasteiger partial charge in [-0.15, -0.1) is 0 Å². The van der Waals surface area contributed by atoms with Gasteiger partial charge in [0.05, 0.1) is 0 Å². The molecule has 3 heteroatoms. The molecule has 1 atom stereocenters. The monoisotopic (exact) mass is 258 g/mol. The molecule has 3 fully saturated rings. The van der Waals surface area contributed by atoms with Gasteiger partial charge in [0.25, 0.3) is 0 Å². The Balaban J connectivity index is 1.68. The maximum atomic E-state index is 12.5. The fourth-order valence-corrected chi connectivity index (χ4v) is 3.10. The second-order valence-corrected chi connectivity index (χ2v) is 6.10. The van der Waals surface area contributed by atoms with Crippen LogP contribution in [0.5, 0.6) is 0 Å². The maximum absolute atomic E-state index is 12.5. The minimum Gasteiger partial charge on any atom is -0.460 e. The summed E-state index contributed by atoms with van der Waals surface area (Å²) in [6.45, 7) is 2.05. The van der Waals surface area contributed by atoms with E-state index >= 15 is 0 Å². The molecular weight excluding hydrogens is 240 g/mol. The number of carbonyl (C=O) groups is 1. The van der Waals surface area contributed by atoms with Crippen molar-refractivity contribution in [2.24, 2.45) is 0 Å². The summed E-state index contributed by atoms with van der Waals surface area (Å²) < 4.78 is 11.5. The number of hydrogen-bond donors (Lipinski definition) is 0. The van der Waals surface area contributed by atoms with Gasteiger partial charge in [-0.05, 0) is 44.6 Å². The summed E-state index contributed by atoms with van der Waals surface area (Å²) in [6, 6.07) is 8.10. The number of ether oxygens (including phenoxy) is 2. The van der Waals surface area contributed by atoms with Crippen LogP contribution in [-0.2, 0) is 19.9 Å². The third-order valence-electron chi connectivity index (χ3n) is 4.65. The lowest BCUT2D eigenvalue weighted by Gasteiger charge is -2.26. The fraction of sp³-hybridized carbons (Fsp3) is 0.562. The molecule has 1 unspecified atom stereocenters. The summed E-state index contributed by atoms with van der Waals surface area (Å²) in [4.78, 5) is 12.5. The first-order valence-corrected chi connectivity index (χ1v) is 7.15. The SMILES string of the molecule is Cc1ccc(C2(C(=O)OC3CC3)OC23CCC3)cc1. The third kappa shape index (κ3) is 1.51. The van der Waals surface area contributed by atoms with Crippen molar-refractivity contribution < 1.29 is 14.3 Å². The average Bonchev–Trinajstić information content (AvgIpc) is 3.21. The highest BCUT2D eigenvalue weighted by Crippen LogP contribution is 2.66. The molecule has 0 bridgehead atoms. The zero-order valence-electron chi connectivity index (χ0n) is 11.1. The van der Waals surface area contributed by atoms with E-state index < -0.39 is 5.60 Å². The van der Waals surface area contributed by atoms with Crippen LogP contribution in [0, 0.1) is 6.92 Å². The zero-order chi connectivity index (χ0) is 13.1. The van der Waals surface area contributed by atoms with Gasteiger partial charge in [0.2, 0.25) is 5.60 Å². The van der Waals surface area contributed by atoms with Crippen LogP contribution in [0.1, 0.15) is 43.2 Å². The van der Waals surface area contributed by atoms with E-state index in [-0.39, 0.29) is 17.7 Å². The lowest BCUT2D eigenvalue weighted by Crippen LogP contribution is -2.38. The Labute approximate surface area is 112 Å². The number of carbonyl (C=O) groups excluding carboxylic acids is 1. The third-order valence-corrected chi connectivity index (χ3v) is 4.65. The fourth-order valence-electron chi connectivity index (χ4n) is 3.10. The van der Waals surface area contributed by atoms with E-state index in [1.54, 1.807) is 0 Å². The highest BCUT2D eigenvalue weighted by Gasteiger charge is 2.78. The summed E-state index contributed by atoms with van der Waals surface area (Å²) in [5, 5.41) is 0. The molecular formula is C16H18O3. The molecule has 3 aliphatic rings. The Morgan fingerprint density at radius 1 is 1.26 bits per heavy atom. The van der Waals surface area contributed by atoms with E-state index in [0.29, 0.717) is 0 Å². The van der Waals surface area contributed by atoms with Gasteiger partial charge in [0, 0.05) is 0 Å². The quantitative estimate of drug-likeness (QED) is 0.618. The predicted molar refractivity (Wildman–Crippen MR) is 69.6 cm³/mol. The first-order valence-electron chi connectivity index (χ1n) is 7.15. The first kappa shape index (κ1) is 11.5. The summed E-state index contributed by atoms with van der Waals surface area (Å²) >= 11 is 0. The molecule has 19 heavy (non-hydrogen) atoms. The van der Waals surface area contributed by atoms with Gasteiger partial charge in [0.1, 0.15) is 11.7 Å². The van der Waals surface area contributed by atoms with Crippen LogP contribution in [0.2, 0.25) is 0 Å². The number of esters is 1. The van der Waals surface area contributed by atoms with Crippen LogP contribution < -0.4 is 0 Å². The second-order valence-electron chi connectivity index (χ2n) is 6.10. The van der Waals surface area contributed by atoms with Gasteiger partial charge in [-0.2, -0.15) is 0 Å². The molecule has 100 valence electrons. The average molecular weight is 258 g/mol. The van der Waals surface area contributed by atoms with Crippen LogP contribution in [0.4, 0.5) is 0 Å². The van der Waals surface area contributed by atoms with E-state index in [2.05, 4.69) is 0 Å². The van der Waals surface area contributed by atoms with E-state index in [4.69, 9.17) is 9.47 Å². The van der Waals surface area contributed by atoms with Crippen molar-refractivity contribution in [3.8, 4) is 0 Å². The predicted octanol–water partition coefficient (Wildman–Crippen LogP) is 2.85. The minimum atomic E-state index is -0.804. The van der Waals surface area contributed by atoms with Gasteiger partial charge in [-0.25, -0.2) is 4.79 Å². The molecule has 2 aliphatic carbocycles. The van der Waals surface area contributed by atoms with Crippen LogP contribution in [-0.4, -0.2) is 17.7 Å². The van der Waals surface area contributed by atoms with E-state index in [1.807, 2.05) is 31.2 Å². The normalized spacial score (nSPS) is 30.8. The molecule has 0 N–H and O–H groups in total. The highest BCUT2D eigenvalue weighted by molar-refractivity contribution is 5.87. The molecule has 1 saturated heterocycles. The van der Waals surface area contributed by atoms with Crippen molar-refractivity contribution >= 4 is 5.97 Å². The minimum absolute atomic E-state index is 0.135. The molecule has 1 spiro atoms. The molecule has 1 heterocycles. The Morgan fingerprint density at radius 3 is 2.42 bits per heavy atom. The summed E-state index contributed by atoms with van der Waals surface area (Å²) in [5.41, 5.74) is 1.09. The molecule has 1 aromatic carbocycles. The maximum Gasteiger partial charge on any atom is 0.346 e. The summed E-state index contributed by atoms with van der Waals surface area (Å²) in [6.07, 6.45) is 5.23. The van der Waals surface area contributed by atoms with Crippen LogP contribution in [0.25, 0.3) is 0 Å². The second kappa shape index (κ2) is 3.60. The molecule has 0 aromatic heterocycles. The molecule has 0 radical (unpaired) electrons. The van der Waals surface area contributed by atoms with Gasteiger partial charge >= 0.3 is 5.97 Å². The van der Waals surface area contributed by atoms with Crippen LogP contribution in [0.15, 0.2) is 24.3 Å². The molecule has 1 aromatic rings. The van der Waals surface area contributed by atoms with Crippen molar-refractivity contribution in [3.05, 3.63) is 35.4 Å². The molecule has 4 rings (SSSR count). The van der Waals surface area contributed by atoms with Gasteiger partial charge in [-0.3, -0.25) is 0 Å². The first-order chi connectivity index (χ1) is 9.16. The lowest BCUT2D eigenvalue weighted by atomic mass is 9.73. The molecule has 2 saturated carbocycles. The number of benzene rings is 1. The molecule has 0 amide bonds. The van der Waals surface area contributed by atoms with Gasteiger partial charge < -0.3 is 9.47 Å². The Morgan fingerprint density at radius 2 is 1.95 bits per heavy atom. The largest absolute Gasteiger partial charge is 0.460 e. The van der Waals surface area contributed by atoms with Gasteiger partial charge in [0.15, 0.2) is 0 Å².